The minimum Gasteiger partial charge on any atom is -0.298 e. The van der Waals surface area contributed by atoms with Crippen molar-refractivity contribution in [3.63, 3.8) is 0 Å². The van der Waals surface area contributed by atoms with Crippen LogP contribution in [0.25, 0.3) is 21.7 Å². The van der Waals surface area contributed by atoms with E-state index in [2.05, 4.69) is 6.07 Å². The highest BCUT2D eigenvalue weighted by Crippen LogP contribution is 2.35. The van der Waals surface area contributed by atoms with Crippen molar-refractivity contribution in [2.45, 2.75) is 11.4 Å². The summed E-state index contributed by atoms with van der Waals surface area (Å²) in [7, 11) is 1.42. The molecule has 2 aromatic heterocycles. The fourth-order valence-electron chi connectivity index (χ4n) is 3.51. The van der Waals surface area contributed by atoms with Crippen LogP contribution in [0.2, 0.25) is 0 Å². The summed E-state index contributed by atoms with van der Waals surface area (Å²) in [5, 5.41) is 12.5. The lowest BCUT2D eigenvalue weighted by molar-refractivity contribution is -0.428. The van der Waals surface area contributed by atoms with E-state index in [1.807, 2.05) is 60.0 Å². The Bertz CT molecular complexity index is 1340. The zero-order chi connectivity index (χ0) is 23.2. The first-order valence-electron chi connectivity index (χ1n) is 10.2. The van der Waals surface area contributed by atoms with Gasteiger partial charge in [0.15, 0.2) is 7.05 Å². The molecule has 0 bridgehead atoms. The number of nitrogens with zero attached hydrogens (tertiary/aromatic N) is 3. The summed E-state index contributed by atoms with van der Waals surface area (Å²) in [5.41, 5.74) is 4.12. The van der Waals surface area contributed by atoms with E-state index in [0.29, 0.717) is 21.8 Å². The molecular weight excluding hydrogens is 450 g/mol. The fraction of sp³-hybridized carbons (Fsp3) is 0.115. The first kappa shape index (κ1) is 22.6. The SMILES string of the molecule is C[N+](=O)c1ccccc1CC(=O)CSc1nc(-c2cccs2)cc(-c2ccccc2)c1C#N. The molecule has 4 aromatic rings. The van der Waals surface area contributed by atoms with Crippen molar-refractivity contribution in [3.05, 3.63) is 94.2 Å². The minimum absolute atomic E-state index is 0.0391. The largest absolute Gasteiger partial charge is 0.298 e. The van der Waals surface area contributed by atoms with Gasteiger partial charge >= 0.3 is 0 Å². The normalized spacial score (nSPS) is 10.5. The molecule has 7 heteroatoms. The van der Waals surface area contributed by atoms with Crippen molar-refractivity contribution in [2.24, 2.45) is 0 Å². The van der Waals surface area contributed by atoms with Crippen molar-refractivity contribution < 1.29 is 9.55 Å². The molecule has 0 N–H and O–H groups in total. The maximum absolute atomic E-state index is 12.8. The number of thioether (sulfide) groups is 1. The van der Waals surface area contributed by atoms with Crippen LogP contribution in [0.4, 0.5) is 5.69 Å². The number of ketones is 1. The molecule has 0 amide bonds. The number of Topliss-reactive ketones (excluding diaryl/α,β-unsaturated/α-hetero) is 1. The molecule has 0 fully saturated rings. The maximum atomic E-state index is 12.8. The number of aromatic nitrogens is 1. The first-order valence-corrected chi connectivity index (χ1v) is 12.1. The van der Waals surface area contributed by atoms with Gasteiger partial charge in [0.25, 0.3) is 5.69 Å². The standard InChI is InChI=1S/C26H20N3O2S2/c1-29(31)24-11-6-5-10-19(24)14-20(30)17-33-26-22(16-27)21(18-8-3-2-4-9-18)15-23(28-26)25-12-7-13-32-25/h2-13,15H,14,17H2,1H3/q+1. The fourth-order valence-corrected chi connectivity index (χ4v) is 5.06. The van der Waals surface area contributed by atoms with Gasteiger partial charge in [-0.05, 0) is 23.1 Å². The Morgan fingerprint density at radius 3 is 2.55 bits per heavy atom. The first-order chi connectivity index (χ1) is 16.1. The maximum Gasteiger partial charge on any atom is 0.259 e. The number of pyridine rings is 1. The molecule has 0 saturated carbocycles. The predicted octanol–water partition coefficient (Wildman–Crippen LogP) is 6.29. The van der Waals surface area contributed by atoms with Gasteiger partial charge in [-0.2, -0.15) is 5.26 Å². The van der Waals surface area contributed by atoms with Gasteiger partial charge in [-0.25, -0.2) is 4.98 Å². The van der Waals surface area contributed by atoms with Crippen LogP contribution in [-0.4, -0.2) is 28.3 Å². The second kappa shape index (κ2) is 10.3. The average molecular weight is 471 g/mol. The third kappa shape index (κ3) is 5.25. The van der Waals surface area contributed by atoms with Gasteiger partial charge in [0.05, 0.1) is 21.9 Å². The van der Waals surface area contributed by atoms with Gasteiger partial charge in [-0.15, -0.1) is 11.3 Å². The van der Waals surface area contributed by atoms with Gasteiger partial charge < -0.3 is 0 Å². The molecule has 0 unspecified atom stereocenters. The smallest absolute Gasteiger partial charge is 0.259 e. The van der Waals surface area contributed by atoms with Gasteiger partial charge in [-0.3, -0.25) is 4.79 Å². The highest BCUT2D eigenvalue weighted by atomic mass is 32.2. The number of hydrogen-bond acceptors (Lipinski definition) is 6. The van der Waals surface area contributed by atoms with Crippen LogP contribution in [0.1, 0.15) is 11.1 Å². The molecule has 2 heterocycles. The Morgan fingerprint density at radius 1 is 1.09 bits per heavy atom. The minimum atomic E-state index is -0.0391. The van der Waals surface area contributed by atoms with Crippen LogP contribution in [0.5, 0.6) is 0 Å². The molecular formula is C26H20N3O2S2+. The topological polar surface area (TPSA) is 73.8 Å². The molecule has 33 heavy (non-hydrogen) atoms. The molecule has 2 aromatic carbocycles. The highest BCUT2D eigenvalue weighted by Gasteiger charge is 2.19. The Labute approximate surface area is 200 Å². The summed E-state index contributed by atoms with van der Waals surface area (Å²) < 4.78 is 0.766. The number of para-hydroxylation sites is 1. The van der Waals surface area contributed by atoms with Crippen LogP contribution in [0.3, 0.4) is 0 Å². The van der Waals surface area contributed by atoms with Crippen molar-refractivity contribution in [3.8, 4) is 27.8 Å². The van der Waals surface area contributed by atoms with Crippen molar-refractivity contribution in [2.75, 3.05) is 12.8 Å². The van der Waals surface area contributed by atoms with Gasteiger partial charge in [0, 0.05) is 33.3 Å². The quantitative estimate of drug-likeness (QED) is 0.223. The van der Waals surface area contributed by atoms with Crippen LogP contribution in [-0.2, 0) is 11.2 Å². The van der Waals surface area contributed by atoms with Crippen molar-refractivity contribution in [1.82, 2.24) is 4.98 Å². The van der Waals surface area contributed by atoms with Gasteiger partial charge in [0.2, 0.25) is 0 Å². The van der Waals surface area contributed by atoms with Gasteiger partial charge in [-0.1, -0.05) is 66.4 Å². The second-order valence-electron chi connectivity index (χ2n) is 7.32. The number of nitriles is 1. The van der Waals surface area contributed by atoms with Crippen LogP contribution >= 0.6 is 23.1 Å². The van der Waals surface area contributed by atoms with E-state index in [9.17, 15) is 15.0 Å². The van der Waals surface area contributed by atoms with E-state index < -0.39 is 0 Å². The molecule has 0 aliphatic heterocycles. The molecule has 162 valence electrons. The highest BCUT2D eigenvalue weighted by molar-refractivity contribution is 8.00. The van der Waals surface area contributed by atoms with Crippen LogP contribution < -0.4 is 0 Å². The lowest BCUT2D eigenvalue weighted by atomic mass is 10.0. The molecule has 0 atom stereocenters. The van der Waals surface area contributed by atoms with Crippen LogP contribution in [0.15, 0.2) is 83.2 Å². The number of carbonyl (C=O) groups excluding carboxylic acids is 1. The van der Waals surface area contributed by atoms with E-state index in [4.69, 9.17) is 4.98 Å². The summed E-state index contributed by atoms with van der Waals surface area (Å²) in [4.78, 5) is 30.3. The monoisotopic (exact) mass is 470 g/mol. The third-order valence-corrected chi connectivity index (χ3v) is 6.97. The molecule has 0 radical (unpaired) electrons. The Morgan fingerprint density at radius 2 is 1.85 bits per heavy atom. The van der Waals surface area contributed by atoms with E-state index in [1.165, 1.54) is 18.8 Å². The molecule has 0 spiro atoms. The summed E-state index contributed by atoms with van der Waals surface area (Å²) in [5.74, 6) is 0.114. The summed E-state index contributed by atoms with van der Waals surface area (Å²) in [6.07, 6.45) is 0.147. The van der Waals surface area contributed by atoms with Gasteiger partial charge in [0.1, 0.15) is 16.9 Å². The molecule has 0 saturated heterocycles. The molecule has 4 rings (SSSR count). The molecule has 5 nitrogen and oxygen atoms in total. The third-order valence-electron chi connectivity index (χ3n) is 5.04. The average Bonchev–Trinajstić information content (AvgIpc) is 3.38. The van der Waals surface area contributed by atoms with E-state index in [-0.39, 0.29) is 18.0 Å². The number of hydrogen-bond donors (Lipinski definition) is 0. The predicted molar refractivity (Wildman–Crippen MR) is 133 cm³/mol. The summed E-state index contributed by atoms with van der Waals surface area (Å²) >= 11 is 2.84. The molecule has 0 aliphatic carbocycles. The second-order valence-corrected chi connectivity index (χ2v) is 9.23. The number of nitroso groups, excluding NO2 is 1. The number of carbonyl (C=O) groups is 1. The van der Waals surface area contributed by atoms with E-state index >= 15 is 0 Å². The zero-order valence-electron chi connectivity index (χ0n) is 17.9. The summed E-state index contributed by atoms with van der Waals surface area (Å²) in [6, 6.07) is 25.0. The number of thiophene rings is 1. The zero-order valence-corrected chi connectivity index (χ0v) is 19.5. The Kier molecular flexibility index (Phi) is 7.08. The lowest BCUT2D eigenvalue weighted by Gasteiger charge is -2.11. The molecule has 0 aliphatic rings. The number of rotatable bonds is 8. The van der Waals surface area contributed by atoms with Crippen molar-refractivity contribution >= 4 is 34.6 Å². The van der Waals surface area contributed by atoms with Crippen LogP contribution in [0, 0.1) is 16.2 Å². The Hall–Kier alpha value is -3.60. The lowest BCUT2D eigenvalue weighted by Crippen LogP contribution is -2.08. The van der Waals surface area contributed by atoms with E-state index in [0.717, 1.165) is 26.5 Å². The van der Waals surface area contributed by atoms with Crippen molar-refractivity contribution in [1.29, 1.82) is 5.26 Å². The summed E-state index contributed by atoms with van der Waals surface area (Å²) in [6.45, 7) is 0. The van der Waals surface area contributed by atoms with E-state index in [1.54, 1.807) is 29.5 Å². The number of benzene rings is 2. The Balaban J connectivity index is 1.65.